The topological polar surface area (TPSA) is 54.8 Å². The third-order valence-electron chi connectivity index (χ3n) is 1.54. The lowest BCUT2D eigenvalue weighted by atomic mass is 10.5. The lowest BCUT2D eigenvalue weighted by Crippen LogP contribution is -2.27. The molecule has 0 aliphatic carbocycles. The van der Waals surface area contributed by atoms with Crippen molar-refractivity contribution < 1.29 is 0 Å². The zero-order chi connectivity index (χ0) is 8.65. The summed E-state index contributed by atoms with van der Waals surface area (Å²) in [6, 6.07) is 0. The van der Waals surface area contributed by atoms with Crippen molar-refractivity contribution >= 4 is 0 Å². The molecule has 0 aliphatic rings. The third-order valence-corrected chi connectivity index (χ3v) is 1.54. The molecule has 0 radical (unpaired) electrons. The van der Waals surface area contributed by atoms with Crippen LogP contribution >= 0.6 is 0 Å². The maximum atomic E-state index is 3.98. The molecule has 0 amide bonds. The van der Waals surface area contributed by atoms with Crippen LogP contribution in [0.15, 0.2) is 12.7 Å². The second kappa shape index (κ2) is 5.68. The minimum atomic E-state index is 0.879. The first-order chi connectivity index (χ1) is 5.93. The fourth-order valence-electron chi connectivity index (χ4n) is 0.880. The first-order valence-electron chi connectivity index (χ1n) is 4.11. The van der Waals surface area contributed by atoms with Gasteiger partial charge in [-0.1, -0.05) is 0 Å². The van der Waals surface area contributed by atoms with Crippen LogP contribution in [-0.2, 0) is 6.54 Å². The predicted molar refractivity (Wildman–Crippen MR) is 46.8 cm³/mol. The van der Waals surface area contributed by atoms with Gasteiger partial charge in [0.05, 0.1) is 6.54 Å². The first-order valence-corrected chi connectivity index (χ1v) is 4.11. The first kappa shape index (κ1) is 9.15. The Morgan fingerprint density at radius 2 is 2.25 bits per heavy atom. The van der Waals surface area contributed by atoms with Crippen molar-refractivity contribution in [1.29, 1.82) is 0 Å². The molecule has 2 N–H and O–H groups in total. The summed E-state index contributed by atoms with van der Waals surface area (Å²) in [5.41, 5.74) is 0. The molecule has 0 atom stereocenters. The van der Waals surface area contributed by atoms with Crippen molar-refractivity contribution in [2.45, 2.75) is 6.54 Å². The third kappa shape index (κ3) is 3.45. The number of hydrogen-bond acceptors (Lipinski definition) is 4. The van der Waals surface area contributed by atoms with Crippen LogP contribution in [0, 0.1) is 0 Å². The van der Waals surface area contributed by atoms with Crippen molar-refractivity contribution in [2.24, 2.45) is 0 Å². The van der Waals surface area contributed by atoms with E-state index in [1.807, 2.05) is 11.7 Å². The summed E-state index contributed by atoms with van der Waals surface area (Å²) < 4.78 is 1.81. The number of nitrogens with one attached hydrogen (secondary N) is 2. The minimum Gasteiger partial charge on any atom is -0.318 e. The van der Waals surface area contributed by atoms with E-state index in [4.69, 9.17) is 0 Å². The fraction of sp³-hybridized carbons (Fsp3) is 0.714. The number of hydrogen-bond donors (Lipinski definition) is 2. The molecule has 0 spiro atoms. The molecular formula is C7H15N5. The number of likely N-dealkylation sites (N-methyl/N-ethyl adjacent to an activating group) is 1. The van der Waals surface area contributed by atoms with Gasteiger partial charge in [0, 0.05) is 19.6 Å². The average molecular weight is 169 g/mol. The molecule has 0 saturated carbocycles. The standard InChI is InChI=1S/C7H15N5/c1-8-2-3-9-4-5-12-7-10-6-11-12/h6-9H,2-5H2,1H3. The average Bonchev–Trinajstić information content (AvgIpc) is 2.57. The summed E-state index contributed by atoms with van der Waals surface area (Å²) in [7, 11) is 1.94. The summed E-state index contributed by atoms with van der Waals surface area (Å²) in [5.74, 6) is 0. The maximum absolute atomic E-state index is 3.98. The Balaban J connectivity index is 1.96. The molecule has 0 saturated heterocycles. The van der Waals surface area contributed by atoms with Gasteiger partial charge in [0.25, 0.3) is 0 Å². The van der Waals surface area contributed by atoms with Gasteiger partial charge in [-0.2, -0.15) is 5.10 Å². The van der Waals surface area contributed by atoms with E-state index in [1.54, 1.807) is 12.7 Å². The SMILES string of the molecule is CNCCNCCn1cncn1. The second-order valence-corrected chi connectivity index (χ2v) is 2.51. The van der Waals surface area contributed by atoms with Gasteiger partial charge in [0.15, 0.2) is 0 Å². The summed E-state index contributed by atoms with van der Waals surface area (Å²) in [6.45, 7) is 3.80. The van der Waals surface area contributed by atoms with Gasteiger partial charge in [0.1, 0.15) is 12.7 Å². The van der Waals surface area contributed by atoms with E-state index < -0.39 is 0 Å². The molecule has 68 valence electrons. The predicted octanol–water partition coefficient (Wildman–Crippen LogP) is -0.913. The summed E-state index contributed by atoms with van der Waals surface area (Å²) >= 11 is 0. The van der Waals surface area contributed by atoms with E-state index in [0.717, 1.165) is 26.2 Å². The highest BCUT2D eigenvalue weighted by molar-refractivity contribution is 4.57. The summed E-state index contributed by atoms with van der Waals surface area (Å²) in [5, 5.41) is 10.3. The van der Waals surface area contributed by atoms with E-state index in [0.29, 0.717) is 0 Å². The van der Waals surface area contributed by atoms with Gasteiger partial charge in [-0.3, -0.25) is 4.68 Å². The van der Waals surface area contributed by atoms with E-state index in [-0.39, 0.29) is 0 Å². The number of aromatic nitrogens is 3. The Morgan fingerprint density at radius 1 is 1.33 bits per heavy atom. The Morgan fingerprint density at radius 3 is 2.92 bits per heavy atom. The van der Waals surface area contributed by atoms with Crippen molar-refractivity contribution in [3.63, 3.8) is 0 Å². The quantitative estimate of drug-likeness (QED) is 0.541. The molecule has 1 heterocycles. The van der Waals surface area contributed by atoms with Crippen molar-refractivity contribution in [2.75, 3.05) is 26.7 Å². The molecule has 0 aliphatic heterocycles. The van der Waals surface area contributed by atoms with Gasteiger partial charge < -0.3 is 10.6 Å². The molecule has 1 aromatic rings. The molecule has 0 aromatic carbocycles. The minimum absolute atomic E-state index is 0.879. The molecule has 0 bridgehead atoms. The highest BCUT2D eigenvalue weighted by atomic mass is 15.3. The number of rotatable bonds is 6. The van der Waals surface area contributed by atoms with Crippen LogP contribution in [0.25, 0.3) is 0 Å². The maximum Gasteiger partial charge on any atom is 0.137 e. The lowest BCUT2D eigenvalue weighted by Gasteiger charge is -2.03. The largest absolute Gasteiger partial charge is 0.318 e. The monoisotopic (exact) mass is 169 g/mol. The molecule has 5 heteroatoms. The van der Waals surface area contributed by atoms with E-state index in [1.165, 1.54) is 0 Å². The Bertz CT molecular complexity index is 184. The Hall–Kier alpha value is -0.940. The molecule has 0 fully saturated rings. The summed E-state index contributed by atoms with van der Waals surface area (Å²) in [4.78, 5) is 3.85. The fourth-order valence-corrected chi connectivity index (χ4v) is 0.880. The van der Waals surface area contributed by atoms with Gasteiger partial charge in [-0.25, -0.2) is 4.98 Å². The van der Waals surface area contributed by atoms with Crippen LogP contribution in [0.5, 0.6) is 0 Å². The van der Waals surface area contributed by atoms with Crippen LogP contribution < -0.4 is 10.6 Å². The van der Waals surface area contributed by atoms with Crippen LogP contribution in [0.1, 0.15) is 0 Å². The van der Waals surface area contributed by atoms with E-state index >= 15 is 0 Å². The zero-order valence-electron chi connectivity index (χ0n) is 7.32. The smallest absolute Gasteiger partial charge is 0.137 e. The molecule has 5 nitrogen and oxygen atoms in total. The second-order valence-electron chi connectivity index (χ2n) is 2.51. The number of nitrogens with zero attached hydrogens (tertiary/aromatic N) is 3. The van der Waals surface area contributed by atoms with Gasteiger partial charge in [-0.15, -0.1) is 0 Å². The molecule has 1 rings (SSSR count). The Labute approximate surface area is 72.2 Å². The lowest BCUT2D eigenvalue weighted by molar-refractivity contribution is 0.549. The Kier molecular flexibility index (Phi) is 4.33. The highest BCUT2D eigenvalue weighted by Crippen LogP contribution is 1.76. The van der Waals surface area contributed by atoms with Gasteiger partial charge in [0.2, 0.25) is 0 Å². The van der Waals surface area contributed by atoms with Crippen LogP contribution in [0.2, 0.25) is 0 Å². The molecule has 1 aromatic heterocycles. The summed E-state index contributed by atoms with van der Waals surface area (Å²) in [6.07, 6.45) is 3.27. The molecule has 0 unspecified atom stereocenters. The van der Waals surface area contributed by atoms with E-state index in [2.05, 4.69) is 20.7 Å². The van der Waals surface area contributed by atoms with Gasteiger partial charge >= 0.3 is 0 Å². The van der Waals surface area contributed by atoms with Crippen molar-refractivity contribution in [1.82, 2.24) is 25.4 Å². The zero-order valence-corrected chi connectivity index (χ0v) is 7.32. The molecule has 12 heavy (non-hydrogen) atoms. The van der Waals surface area contributed by atoms with Crippen LogP contribution in [0.3, 0.4) is 0 Å². The normalized spacial score (nSPS) is 10.4. The van der Waals surface area contributed by atoms with Crippen LogP contribution in [0.4, 0.5) is 0 Å². The van der Waals surface area contributed by atoms with Gasteiger partial charge in [-0.05, 0) is 7.05 Å². The highest BCUT2D eigenvalue weighted by Gasteiger charge is 1.89. The van der Waals surface area contributed by atoms with Crippen molar-refractivity contribution in [3.8, 4) is 0 Å². The van der Waals surface area contributed by atoms with Crippen LogP contribution in [-0.4, -0.2) is 41.4 Å². The molecular weight excluding hydrogens is 154 g/mol. The van der Waals surface area contributed by atoms with E-state index in [9.17, 15) is 0 Å². The van der Waals surface area contributed by atoms with Crippen molar-refractivity contribution in [3.05, 3.63) is 12.7 Å².